The van der Waals surface area contributed by atoms with Crippen molar-refractivity contribution in [3.8, 4) is 0 Å². The summed E-state index contributed by atoms with van der Waals surface area (Å²) in [5.41, 5.74) is 3.06. The Balaban J connectivity index is 2.01. The number of nitrogens with one attached hydrogen (secondary N) is 1. The molecular weight excluding hydrogens is 304 g/mol. The van der Waals surface area contributed by atoms with Gasteiger partial charge in [-0.15, -0.1) is 11.8 Å². The Bertz CT molecular complexity index is 736. The van der Waals surface area contributed by atoms with Crippen molar-refractivity contribution in [2.75, 3.05) is 17.6 Å². The average molecular weight is 317 g/mol. The maximum atomic E-state index is 12.5. The van der Waals surface area contributed by atoms with Crippen LogP contribution in [0.3, 0.4) is 0 Å². The Labute approximate surface area is 132 Å². The molecule has 2 amide bonds. The van der Waals surface area contributed by atoms with Crippen LogP contribution in [0.25, 0.3) is 0 Å². The summed E-state index contributed by atoms with van der Waals surface area (Å²) in [7, 11) is 0. The fraction of sp³-hybridized carbons (Fsp3) is 0.188. The average Bonchev–Trinajstić information content (AvgIpc) is 2.94. The normalized spacial score (nSPS) is 23.5. The van der Waals surface area contributed by atoms with E-state index in [1.54, 1.807) is 11.8 Å². The van der Waals surface area contributed by atoms with Gasteiger partial charge in [-0.25, -0.2) is 4.79 Å². The number of halogens is 1. The molecule has 2 aromatic rings. The smallest absolute Gasteiger partial charge is 0.307 e. The molecule has 1 saturated heterocycles. The van der Waals surface area contributed by atoms with Gasteiger partial charge in [-0.05, 0) is 23.8 Å². The number of anilines is 1. The van der Waals surface area contributed by atoms with Gasteiger partial charge in [0.2, 0.25) is 0 Å². The number of thioether (sulfide) groups is 1. The summed E-state index contributed by atoms with van der Waals surface area (Å²) >= 11 is 7.97. The highest BCUT2D eigenvalue weighted by Crippen LogP contribution is 2.54. The van der Waals surface area contributed by atoms with E-state index in [-0.39, 0.29) is 6.03 Å². The fourth-order valence-corrected chi connectivity index (χ4v) is 4.87. The monoisotopic (exact) mass is 316 g/mol. The van der Waals surface area contributed by atoms with E-state index in [0.29, 0.717) is 5.02 Å². The summed E-state index contributed by atoms with van der Waals surface area (Å²) in [6, 6.07) is 15.8. The Morgan fingerprint density at radius 2 is 2.05 bits per heavy atom. The predicted octanol–water partition coefficient (Wildman–Crippen LogP) is 4.14. The largest absolute Gasteiger partial charge is 0.323 e. The van der Waals surface area contributed by atoms with Crippen LogP contribution in [-0.4, -0.2) is 23.2 Å². The van der Waals surface area contributed by atoms with Gasteiger partial charge in [0.1, 0.15) is 4.87 Å². The summed E-state index contributed by atoms with van der Waals surface area (Å²) in [5, 5.41) is 3.67. The molecule has 0 spiro atoms. The Hall–Kier alpha value is -1.65. The molecule has 1 fully saturated rings. The summed E-state index contributed by atoms with van der Waals surface area (Å²) in [4.78, 5) is 13.9. The van der Waals surface area contributed by atoms with Crippen LogP contribution in [0.4, 0.5) is 10.5 Å². The minimum absolute atomic E-state index is 0.0429. The first kappa shape index (κ1) is 13.0. The van der Waals surface area contributed by atoms with E-state index in [1.807, 2.05) is 47.4 Å². The first-order chi connectivity index (χ1) is 10.2. The quantitative estimate of drug-likeness (QED) is 0.857. The third-order valence-electron chi connectivity index (χ3n) is 4.00. The van der Waals surface area contributed by atoms with Crippen molar-refractivity contribution < 1.29 is 4.79 Å². The number of nitrogens with zero attached hydrogens (tertiary/aromatic N) is 1. The van der Waals surface area contributed by atoms with E-state index in [0.717, 1.165) is 29.1 Å². The molecule has 3 nitrogen and oxygen atoms in total. The van der Waals surface area contributed by atoms with Crippen molar-refractivity contribution in [1.29, 1.82) is 0 Å². The third kappa shape index (κ3) is 1.79. The van der Waals surface area contributed by atoms with Crippen LogP contribution < -0.4 is 5.32 Å². The van der Waals surface area contributed by atoms with Crippen LogP contribution in [0.1, 0.15) is 11.1 Å². The SMILES string of the molecule is O=C1Nc2ccccc2C2(c3cccc(Cl)c3)SCCN12. The summed E-state index contributed by atoms with van der Waals surface area (Å²) < 4.78 is 0. The molecule has 21 heavy (non-hydrogen) atoms. The van der Waals surface area contributed by atoms with E-state index < -0.39 is 4.87 Å². The van der Waals surface area contributed by atoms with Gasteiger partial charge in [0.25, 0.3) is 0 Å². The number of hydrogen-bond acceptors (Lipinski definition) is 2. The van der Waals surface area contributed by atoms with Gasteiger partial charge in [-0.3, -0.25) is 0 Å². The molecule has 0 radical (unpaired) electrons. The van der Waals surface area contributed by atoms with E-state index in [2.05, 4.69) is 11.4 Å². The first-order valence-electron chi connectivity index (χ1n) is 6.80. The number of hydrogen-bond donors (Lipinski definition) is 1. The molecule has 2 aliphatic heterocycles. The van der Waals surface area contributed by atoms with Crippen LogP contribution in [-0.2, 0) is 4.87 Å². The number of rotatable bonds is 1. The maximum absolute atomic E-state index is 12.5. The van der Waals surface area contributed by atoms with Crippen LogP contribution in [0.5, 0.6) is 0 Å². The lowest BCUT2D eigenvalue weighted by Gasteiger charge is -2.43. The van der Waals surface area contributed by atoms with Gasteiger partial charge in [0, 0.05) is 28.6 Å². The molecule has 0 aliphatic carbocycles. The molecule has 2 heterocycles. The number of benzene rings is 2. The zero-order valence-electron chi connectivity index (χ0n) is 11.2. The first-order valence-corrected chi connectivity index (χ1v) is 8.16. The Morgan fingerprint density at radius 1 is 1.19 bits per heavy atom. The molecule has 5 heteroatoms. The van der Waals surface area contributed by atoms with E-state index >= 15 is 0 Å². The highest BCUT2D eigenvalue weighted by molar-refractivity contribution is 8.00. The summed E-state index contributed by atoms with van der Waals surface area (Å²) in [5.74, 6) is 0.911. The standard InChI is InChI=1S/C16H13ClN2OS/c17-12-5-3-4-11(10-12)16-13-6-1-2-7-14(13)18-15(20)19(16)8-9-21-16/h1-7,10H,8-9H2,(H,18,20). The molecule has 0 bridgehead atoms. The van der Waals surface area contributed by atoms with Crippen molar-refractivity contribution in [1.82, 2.24) is 4.90 Å². The van der Waals surface area contributed by atoms with Gasteiger partial charge >= 0.3 is 6.03 Å². The van der Waals surface area contributed by atoms with Crippen LogP contribution in [0.15, 0.2) is 48.5 Å². The topological polar surface area (TPSA) is 32.3 Å². The Kier molecular flexibility index (Phi) is 2.91. The number of carbonyl (C=O) groups is 1. The number of amides is 2. The van der Waals surface area contributed by atoms with Gasteiger partial charge in [-0.1, -0.05) is 41.9 Å². The maximum Gasteiger partial charge on any atom is 0.323 e. The number of urea groups is 1. The van der Waals surface area contributed by atoms with E-state index in [1.165, 1.54) is 0 Å². The van der Waals surface area contributed by atoms with Gasteiger partial charge < -0.3 is 10.2 Å². The lowest BCUT2D eigenvalue weighted by atomic mass is 9.93. The van der Waals surface area contributed by atoms with Gasteiger partial charge in [-0.2, -0.15) is 0 Å². The minimum Gasteiger partial charge on any atom is -0.307 e. The number of carbonyl (C=O) groups excluding carboxylic acids is 1. The van der Waals surface area contributed by atoms with E-state index in [9.17, 15) is 4.79 Å². The van der Waals surface area contributed by atoms with Crippen molar-refractivity contribution in [2.24, 2.45) is 0 Å². The van der Waals surface area contributed by atoms with Gasteiger partial charge in [0.05, 0.1) is 0 Å². The number of fused-ring (bicyclic) bond motifs is 3. The van der Waals surface area contributed by atoms with Crippen molar-refractivity contribution in [2.45, 2.75) is 4.87 Å². The second-order valence-corrected chi connectivity index (χ2v) is 6.85. The number of para-hydroxylation sites is 1. The molecule has 0 aromatic heterocycles. The van der Waals surface area contributed by atoms with E-state index in [4.69, 9.17) is 11.6 Å². The zero-order valence-corrected chi connectivity index (χ0v) is 12.7. The molecule has 1 N–H and O–H groups in total. The predicted molar refractivity (Wildman–Crippen MR) is 86.9 cm³/mol. The highest BCUT2D eigenvalue weighted by Gasteiger charge is 2.51. The molecule has 4 rings (SSSR count). The van der Waals surface area contributed by atoms with Crippen LogP contribution >= 0.6 is 23.4 Å². The molecule has 0 saturated carbocycles. The van der Waals surface area contributed by atoms with Crippen LogP contribution in [0.2, 0.25) is 5.02 Å². The molecule has 106 valence electrons. The Morgan fingerprint density at radius 3 is 2.90 bits per heavy atom. The highest BCUT2D eigenvalue weighted by atomic mass is 35.5. The van der Waals surface area contributed by atoms with Crippen LogP contribution in [0, 0.1) is 0 Å². The minimum atomic E-state index is -0.468. The lowest BCUT2D eigenvalue weighted by molar-refractivity contribution is 0.195. The zero-order chi connectivity index (χ0) is 14.4. The second kappa shape index (κ2) is 4.68. The fourth-order valence-electron chi connectivity index (χ4n) is 3.15. The third-order valence-corrected chi connectivity index (χ3v) is 5.72. The molecule has 2 aliphatic rings. The van der Waals surface area contributed by atoms with Crippen molar-refractivity contribution >= 4 is 35.1 Å². The molecule has 1 unspecified atom stereocenters. The van der Waals surface area contributed by atoms with Crippen molar-refractivity contribution in [3.05, 3.63) is 64.7 Å². The summed E-state index contributed by atoms with van der Waals surface area (Å²) in [6.07, 6.45) is 0. The van der Waals surface area contributed by atoms with Crippen molar-refractivity contribution in [3.63, 3.8) is 0 Å². The summed E-state index contributed by atoms with van der Waals surface area (Å²) in [6.45, 7) is 0.733. The molecule has 1 atom stereocenters. The van der Waals surface area contributed by atoms with Gasteiger partial charge in [0.15, 0.2) is 0 Å². The molecule has 2 aromatic carbocycles. The second-order valence-electron chi connectivity index (χ2n) is 5.13. The molecular formula is C16H13ClN2OS. The lowest BCUT2D eigenvalue weighted by Crippen LogP contribution is -2.50.